The maximum absolute atomic E-state index is 13.4. The number of likely N-dealkylation sites (tertiary alicyclic amines) is 1. The summed E-state index contributed by atoms with van der Waals surface area (Å²) < 4.78 is 70.2. The van der Waals surface area contributed by atoms with Gasteiger partial charge in [0, 0.05) is 76.2 Å². The summed E-state index contributed by atoms with van der Waals surface area (Å²) in [4.78, 5) is 39.8. The number of urea groups is 1. The topological polar surface area (TPSA) is 163 Å². The van der Waals surface area contributed by atoms with E-state index in [2.05, 4.69) is 54.6 Å². The molecule has 3 aromatic heterocycles. The lowest BCUT2D eigenvalue weighted by Crippen LogP contribution is -2.49. The smallest absolute Gasteiger partial charge is 0.351 e. The van der Waals surface area contributed by atoms with Crippen LogP contribution in [-0.2, 0) is 34.6 Å². The highest BCUT2D eigenvalue weighted by Gasteiger charge is 2.34. The van der Waals surface area contributed by atoms with Gasteiger partial charge in [0.1, 0.15) is 0 Å². The quantitative estimate of drug-likeness (QED) is 0.243. The molecule has 1 atom stereocenters. The van der Waals surface area contributed by atoms with Gasteiger partial charge in [0.25, 0.3) is 10.0 Å². The maximum Gasteiger partial charge on any atom is 0.419 e. The van der Waals surface area contributed by atoms with E-state index in [-0.39, 0.29) is 48.4 Å². The van der Waals surface area contributed by atoms with Gasteiger partial charge < -0.3 is 14.8 Å². The standard InChI is InChI=1S/C34H42F3N11O4S/c1-22(18-45-10-5-23(6-11-45)24-3-4-27-28(15-24)44(2)43-31(27)48-14-9-29(49)42-33(48)50)19-46-20-30(40-21-46)53(51,52)47-12-7-26(8-13-47)41-32-38-16-25(17-39-32)34(35,36)37/h3-4,15-17,20-23,26H,5-14,18-19H2,1-2H3,(H,38,39,41)(H,42,49,50). The van der Waals surface area contributed by atoms with Gasteiger partial charge in [-0.25, -0.2) is 28.2 Å². The molecular formula is C34H42F3N11O4S. The summed E-state index contributed by atoms with van der Waals surface area (Å²) in [5.74, 6) is 0.979. The number of nitrogens with one attached hydrogen (secondary N) is 2. The van der Waals surface area contributed by atoms with E-state index in [1.54, 1.807) is 17.2 Å². The van der Waals surface area contributed by atoms with Crippen molar-refractivity contribution in [1.29, 1.82) is 0 Å². The summed E-state index contributed by atoms with van der Waals surface area (Å²) in [5.41, 5.74) is 1.24. The van der Waals surface area contributed by atoms with Crippen molar-refractivity contribution in [3.63, 3.8) is 0 Å². The fourth-order valence-electron chi connectivity index (χ4n) is 7.46. The molecule has 7 rings (SSSR count). The van der Waals surface area contributed by atoms with Crippen molar-refractivity contribution >= 4 is 44.6 Å². The zero-order valence-electron chi connectivity index (χ0n) is 29.5. The number of benzene rings is 1. The molecule has 0 bridgehead atoms. The van der Waals surface area contributed by atoms with E-state index in [4.69, 9.17) is 0 Å². The molecule has 284 valence electrons. The van der Waals surface area contributed by atoms with Crippen LogP contribution in [0.25, 0.3) is 10.9 Å². The Bertz CT molecular complexity index is 2070. The van der Waals surface area contributed by atoms with Crippen LogP contribution in [0.3, 0.4) is 0 Å². The summed E-state index contributed by atoms with van der Waals surface area (Å²) in [5, 5.41) is 10.8. The average Bonchev–Trinajstić information content (AvgIpc) is 3.73. The number of carbonyl (C=O) groups is 2. The first kappa shape index (κ1) is 36.7. The highest BCUT2D eigenvalue weighted by molar-refractivity contribution is 7.89. The minimum absolute atomic E-state index is 0.00481. The number of nitrogens with zero attached hydrogens (tertiary/aromatic N) is 9. The number of imidazole rings is 1. The van der Waals surface area contributed by atoms with Gasteiger partial charge in [-0.3, -0.25) is 19.7 Å². The summed E-state index contributed by atoms with van der Waals surface area (Å²) >= 11 is 0. The van der Waals surface area contributed by atoms with E-state index in [1.165, 1.54) is 14.8 Å². The van der Waals surface area contributed by atoms with Crippen molar-refractivity contribution in [1.82, 2.24) is 43.8 Å². The third kappa shape index (κ3) is 8.01. The van der Waals surface area contributed by atoms with Crippen molar-refractivity contribution in [3.05, 3.63) is 54.2 Å². The van der Waals surface area contributed by atoms with Gasteiger partial charge in [0.15, 0.2) is 10.8 Å². The molecule has 6 heterocycles. The molecule has 3 amide bonds. The largest absolute Gasteiger partial charge is 0.419 e. The second-order valence-corrected chi connectivity index (χ2v) is 16.1. The Kier molecular flexibility index (Phi) is 10.2. The van der Waals surface area contributed by atoms with Crippen molar-refractivity contribution in [2.24, 2.45) is 13.0 Å². The predicted octanol–water partition coefficient (Wildman–Crippen LogP) is 3.81. The fraction of sp³-hybridized carbons (Fsp3) is 0.529. The number of carbonyl (C=O) groups excluding carboxylic acids is 2. The Morgan fingerprint density at radius 2 is 1.70 bits per heavy atom. The lowest BCUT2D eigenvalue weighted by atomic mass is 9.88. The van der Waals surface area contributed by atoms with Gasteiger partial charge in [0.2, 0.25) is 11.9 Å². The van der Waals surface area contributed by atoms with Gasteiger partial charge in [-0.05, 0) is 68.3 Å². The molecule has 0 aliphatic carbocycles. The van der Waals surface area contributed by atoms with Gasteiger partial charge in [-0.15, -0.1) is 0 Å². The summed E-state index contributed by atoms with van der Waals surface area (Å²) in [6.45, 7) is 6.26. The molecule has 3 aliphatic rings. The molecule has 53 heavy (non-hydrogen) atoms. The minimum atomic E-state index is -4.52. The second kappa shape index (κ2) is 14.7. The molecule has 3 aliphatic heterocycles. The van der Waals surface area contributed by atoms with Crippen LogP contribution in [-0.4, -0.2) is 104 Å². The Hall–Kier alpha value is -4.62. The molecule has 19 heteroatoms. The van der Waals surface area contributed by atoms with E-state index in [9.17, 15) is 31.2 Å². The molecule has 4 aromatic rings. The Balaban J connectivity index is 0.877. The van der Waals surface area contributed by atoms with Crippen LogP contribution in [0.1, 0.15) is 56.1 Å². The molecular weight excluding hydrogens is 716 g/mol. The number of hydrogen-bond donors (Lipinski definition) is 2. The number of alkyl halides is 3. The minimum Gasteiger partial charge on any atom is -0.351 e. The van der Waals surface area contributed by atoms with Crippen molar-refractivity contribution in [2.75, 3.05) is 49.5 Å². The monoisotopic (exact) mass is 757 g/mol. The number of sulfonamides is 1. The van der Waals surface area contributed by atoms with Gasteiger partial charge in [0.05, 0.1) is 17.4 Å². The van der Waals surface area contributed by atoms with Gasteiger partial charge in [-0.1, -0.05) is 13.0 Å². The number of piperidine rings is 2. The van der Waals surface area contributed by atoms with Crippen LogP contribution < -0.4 is 15.5 Å². The highest BCUT2D eigenvalue weighted by atomic mass is 32.2. The van der Waals surface area contributed by atoms with Crippen LogP contribution in [0.2, 0.25) is 0 Å². The van der Waals surface area contributed by atoms with E-state index in [0.717, 1.165) is 55.8 Å². The van der Waals surface area contributed by atoms with E-state index >= 15 is 0 Å². The van der Waals surface area contributed by atoms with E-state index in [0.29, 0.717) is 37.7 Å². The number of fused-ring (bicyclic) bond motifs is 1. The number of halogens is 3. The summed E-state index contributed by atoms with van der Waals surface area (Å²) in [6, 6.07) is 5.67. The van der Waals surface area contributed by atoms with Crippen LogP contribution in [0.5, 0.6) is 0 Å². The van der Waals surface area contributed by atoms with E-state index < -0.39 is 27.8 Å². The molecule has 15 nitrogen and oxygen atoms in total. The van der Waals surface area contributed by atoms with Crippen molar-refractivity contribution < 1.29 is 31.2 Å². The molecule has 1 aromatic carbocycles. The molecule has 3 fully saturated rings. The zero-order valence-corrected chi connectivity index (χ0v) is 30.3. The highest BCUT2D eigenvalue weighted by Crippen LogP contribution is 2.34. The SMILES string of the molecule is CC(CN1CCC(c2ccc3c(N4CCC(=O)NC4=O)nn(C)c3c2)CC1)Cn1cnc(S(=O)(=O)N2CCC(Nc3ncc(C(F)(F)F)cn3)CC2)c1. The molecule has 0 radical (unpaired) electrons. The van der Waals surface area contributed by atoms with Gasteiger partial charge >= 0.3 is 12.2 Å². The van der Waals surface area contributed by atoms with Gasteiger partial charge in [-0.2, -0.15) is 22.6 Å². The van der Waals surface area contributed by atoms with Crippen molar-refractivity contribution in [2.45, 2.75) is 68.7 Å². The number of rotatable bonds is 10. The number of aromatic nitrogens is 6. The summed E-state index contributed by atoms with van der Waals surface area (Å²) in [7, 11) is -1.95. The van der Waals surface area contributed by atoms with Crippen LogP contribution in [0.4, 0.5) is 29.7 Å². The first-order valence-electron chi connectivity index (χ1n) is 17.7. The van der Waals surface area contributed by atoms with Crippen LogP contribution in [0, 0.1) is 5.92 Å². The zero-order chi connectivity index (χ0) is 37.5. The first-order valence-corrected chi connectivity index (χ1v) is 19.2. The fourth-order valence-corrected chi connectivity index (χ4v) is 8.86. The second-order valence-electron chi connectivity index (χ2n) is 14.2. The first-order chi connectivity index (χ1) is 25.2. The number of hydrogen-bond acceptors (Lipinski definition) is 10. The normalized spacial score (nSPS) is 19.5. The van der Waals surface area contributed by atoms with Crippen LogP contribution >= 0.6 is 0 Å². The molecule has 3 saturated heterocycles. The third-order valence-electron chi connectivity index (χ3n) is 10.3. The number of imide groups is 1. The number of amides is 3. The molecule has 2 N–H and O–H groups in total. The Morgan fingerprint density at radius 3 is 2.38 bits per heavy atom. The molecule has 0 spiro atoms. The number of anilines is 2. The van der Waals surface area contributed by atoms with Crippen LogP contribution in [0.15, 0.2) is 48.1 Å². The molecule has 0 saturated carbocycles. The summed E-state index contributed by atoms with van der Waals surface area (Å²) in [6.07, 6.45) is 3.19. The third-order valence-corrected chi connectivity index (χ3v) is 12.1. The lowest BCUT2D eigenvalue weighted by Gasteiger charge is -2.34. The Morgan fingerprint density at radius 1 is 0.981 bits per heavy atom. The molecule has 1 unspecified atom stereocenters. The maximum atomic E-state index is 13.4. The predicted molar refractivity (Wildman–Crippen MR) is 188 cm³/mol. The van der Waals surface area contributed by atoms with E-state index in [1.807, 2.05) is 17.7 Å². The average molecular weight is 758 g/mol. The number of aryl methyl sites for hydroxylation is 1. The lowest BCUT2D eigenvalue weighted by molar-refractivity contribution is -0.138. The Labute approximate surface area is 304 Å². The van der Waals surface area contributed by atoms with Crippen molar-refractivity contribution in [3.8, 4) is 0 Å².